The molecule has 0 radical (unpaired) electrons. The Hall–Kier alpha value is -1.68. The number of rotatable bonds is 2. The number of fused-ring (bicyclic) bond motifs is 2. The molecule has 4 nitrogen and oxygen atoms in total. The monoisotopic (exact) mass is 312 g/mol. The van der Waals surface area contributed by atoms with Crippen LogP contribution in [0.25, 0.3) is 5.65 Å². The summed E-state index contributed by atoms with van der Waals surface area (Å²) in [6, 6.07) is 8.41. The fraction of sp³-hybridized carbons (Fsp3) is 0.579. The molecule has 4 heteroatoms. The van der Waals surface area contributed by atoms with Gasteiger partial charge in [0.2, 0.25) is 0 Å². The van der Waals surface area contributed by atoms with Gasteiger partial charge in [-0.25, -0.2) is 4.98 Å². The van der Waals surface area contributed by atoms with Crippen molar-refractivity contribution in [2.24, 2.45) is 5.92 Å². The van der Waals surface area contributed by atoms with Gasteiger partial charge in [0, 0.05) is 17.7 Å². The Balaban J connectivity index is 1.63. The number of piperidine rings is 1. The number of likely N-dealkylation sites (tertiary alicyclic amines) is 1. The van der Waals surface area contributed by atoms with Crippen molar-refractivity contribution in [2.45, 2.75) is 58.0 Å². The summed E-state index contributed by atoms with van der Waals surface area (Å²) in [7, 11) is 0. The fourth-order valence-electron chi connectivity index (χ4n) is 4.77. The van der Waals surface area contributed by atoms with Crippen LogP contribution < -0.4 is 10.5 Å². The van der Waals surface area contributed by atoms with Gasteiger partial charge in [0.15, 0.2) is 0 Å². The first-order valence-corrected chi connectivity index (χ1v) is 9.05. The lowest BCUT2D eigenvalue weighted by Gasteiger charge is -2.41. The van der Waals surface area contributed by atoms with Crippen LogP contribution in [0.15, 0.2) is 29.1 Å². The van der Waals surface area contributed by atoms with Crippen molar-refractivity contribution in [3.05, 3.63) is 46.0 Å². The predicted octanol–water partition coefficient (Wildman–Crippen LogP) is 1.74. The molecule has 23 heavy (non-hydrogen) atoms. The lowest BCUT2D eigenvalue weighted by Crippen LogP contribution is -3.16. The lowest BCUT2D eigenvalue weighted by atomic mass is 9.78. The standard InChI is InChI=1S/C19H25N3O/c1-14-6-4-10-18-20-16(12-19(23)22(14)18)13-21-11-5-8-15-7-2-3-9-17(15)21/h4,6,10,12,15,17H,2-3,5,7-9,11,13H2,1H3/p+1/t15-,17+/m1/s1. The van der Waals surface area contributed by atoms with Crippen molar-refractivity contribution < 1.29 is 4.90 Å². The van der Waals surface area contributed by atoms with Crippen LogP contribution in [0.4, 0.5) is 0 Å². The van der Waals surface area contributed by atoms with Gasteiger partial charge in [0.05, 0.1) is 12.6 Å². The maximum Gasteiger partial charge on any atom is 0.258 e. The summed E-state index contributed by atoms with van der Waals surface area (Å²) < 4.78 is 1.71. The van der Waals surface area contributed by atoms with Crippen LogP contribution >= 0.6 is 0 Å². The Morgan fingerprint density at radius 2 is 2.04 bits per heavy atom. The maximum atomic E-state index is 12.5. The van der Waals surface area contributed by atoms with Crippen LogP contribution in [0.3, 0.4) is 0 Å². The first kappa shape index (κ1) is 14.9. The largest absolute Gasteiger partial charge is 0.327 e. The zero-order valence-corrected chi connectivity index (χ0v) is 13.9. The van der Waals surface area contributed by atoms with Gasteiger partial charge < -0.3 is 4.90 Å². The molecule has 0 bridgehead atoms. The van der Waals surface area contributed by atoms with E-state index in [0.717, 1.165) is 35.5 Å². The van der Waals surface area contributed by atoms with Crippen LogP contribution in [0.1, 0.15) is 49.9 Å². The summed E-state index contributed by atoms with van der Waals surface area (Å²) in [6.45, 7) is 4.09. The summed E-state index contributed by atoms with van der Waals surface area (Å²) >= 11 is 0. The lowest BCUT2D eigenvalue weighted by molar-refractivity contribution is -0.949. The van der Waals surface area contributed by atoms with Gasteiger partial charge in [0.1, 0.15) is 17.9 Å². The normalized spacial score (nSPS) is 27.8. The molecule has 4 rings (SSSR count). The zero-order valence-electron chi connectivity index (χ0n) is 13.9. The first-order valence-electron chi connectivity index (χ1n) is 9.05. The third kappa shape index (κ3) is 2.80. The van der Waals surface area contributed by atoms with Crippen molar-refractivity contribution in [2.75, 3.05) is 6.54 Å². The summed E-state index contributed by atoms with van der Waals surface area (Å²) in [5.41, 5.74) is 2.75. The molecule has 0 spiro atoms. The molecule has 122 valence electrons. The van der Waals surface area contributed by atoms with Crippen molar-refractivity contribution >= 4 is 5.65 Å². The average molecular weight is 312 g/mol. The molecule has 0 aromatic carbocycles. The van der Waals surface area contributed by atoms with Gasteiger partial charge in [-0.05, 0) is 51.2 Å². The second-order valence-corrected chi connectivity index (χ2v) is 7.32. The van der Waals surface area contributed by atoms with Gasteiger partial charge >= 0.3 is 0 Å². The summed E-state index contributed by atoms with van der Waals surface area (Å²) in [6.07, 6.45) is 8.26. The summed E-state index contributed by atoms with van der Waals surface area (Å²) in [4.78, 5) is 18.9. The van der Waals surface area contributed by atoms with E-state index in [2.05, 4.69) is 0 Å². The molecule has 1 N–H and O–H groups in total. The van der Waals surface area contributed by atoms with Crippen molar-refractivity contribution in [1.29, 1.82) is 0 Å². The number of hydrogen-bond donors (Lipinski definition) is 1. The highest BCUT2D eigenvalue weighted by Gasteiger charge is 2.36. The molecule has 1 aliphatic heterocycles. The Morgan fingerprint density at radius 1 is 1.22 bits per heavy atom. The van der Waals surface area contributed by atoms with Crippen molar-refractivity contribution in [1.82, 2.24) is 9.38 Å². The minimum Gasteiger partial charge on any atom is -0.327 e. The van der Waals surface area contributed by atoms with Crippen molar-refractivity contribution in [3.63, 3.8) is 0 Å². The predicted molar refractivity (Wildman–Crippen MR) is 90.7 cm³/mol. The third-order valence-electron chi connectivity index (χ3n) is 5.85. The number of aryl methyl sites for hydroxylation is 1. The summed E-state index contributed by atoms with van der Waals surface area (Å²) in [5.74, 6) is 0.899. The molecule has 1 saturated carbocycles. The average Bonchev–Trinajstić information content (AvgIpc) is 2.55. The van der Waals surface area contributed by atoms with Gasteiger partial charge in [-0.1, -0.05) is 12.5 Å². The SMILES string of the molecule is Cc1cccc2nc(C[NH+]3CCC[C@H]4CCCC[C@@H]43)cc(=O)n12. The fourth-order valence-corrected chi connectivity index (χ4v) is 4.77. The highest BCUT2D eigenvalue weighted by Crippen LogP contribution is 2.28. The van der Waals surface area contributed by atoms with Gasteiger partial charge in [0.25, 0.3) is 5.56 Å². The van der Waals surface area contributed by atoms with Crippen LogP contribution in [-0.4, -0.2) is 22.0 Å². The number of aromatic nitrogens is 2. The highest BCUT2D eigenvalue weighted by atomic mass is 16.1. The highest BCUT2D eigenvalue weighted by molar-refractivity contribution is 5.40. The Morgan fingerprint density at radius 3 is 2.96 bits per heavy atom. The zero-order chi connectivity index (χ0) is 15.8. The van der Waals surface area contributed by atoms with Crippen LogP contribution in [0, 0.1) is 12.8 Å². The van der Waals surface area contributed by atoms with E-state index in [1.54, 1.807) is 15.4 Å². The van der Waals surface area contributed by atoms with E-state index in [0.29, 0.717) is 0 Å². The van der Waals surface area contributed by atoms with Gasteiger partial charge in [-0.3, -0.25) is 9.20 Å². The van der Waals surface area contributed by atoms with Crippen molar-refractivity contribution in [3.8, 4) is 0 Å². The molecule has 3 atom stereocenters. The second kappa shape index (κ2) is 6.08. The molecule has 2 aromatic heterocycles. The van der Waals surface area contributed by atoms with E-state index in [-0.39, 0.29) is 5.56 Å². The quantitative estimate of drug-likeness (QED) is 0.917. The number of nitrogens with zero attached hydrogens (tertiary/aromatic N) is 2. The van der Waals surface area contributed by atoms with E-state index >= 15 is 0 Å². The summed E-state index contributed by atoms with van der Waals surface area (Å²) in [5, 5.41) is 0. The molecule has 1 aliphatic carbocycles. The molecule has 2 aromatic rings. The molecule has 3 heterocycles. The Labute approximate surface area is 137 Å². The maximum absolute atomic E-state index is 12.5. The van der Waals surface area contributed by atoms with Crippen LogP contribution in [0.2, 0.25) is 0 Å². The molecule has 1 saturated heterocycles. The van der Waals surface area contributed by atoms with E-state index in [1.165, 1.54) is 45.1 Å². The van der Waals surface area contributed by atoms with E-state index < -0.39 is 0 Å². The minimum absolute atomic E-state index is 0.0553. The van der Waals surface area contributed by atoms with E-state index in [9.17, 15) is 4.79 Å². The van der Waals surface area contributed by atoms with E-state index in [1.807, 2.05) is 25.1 Å². The molecule has 2 aliphatic rings. The van der Waals surface area contributed by atoms with Crippen LogP contribution in [0.5, 0.6) is 0 Å². The Bertz CT molecular complexity index is 765. The minimum atomic E-state index is 0.0553. The molecule has 1 unspecified atom stereocenters. The first-order chi connectivity index (χ1) is 11.2. The van der Waals surface area contributed by atoms with Gasteiger partial charge in [-0.2, -0.15) is 0 Å². The number of nitrogens with one attached hydrogen (secondary N) is 1. The van der Waals surface area contributed by atoms with Gasteiger partial charge in [-0.15, -0.1) is 0 Å². The molecular formula is C19H26N3O+. The van der Waals surface area contributed by atoms with E-state index in [4.69, 9.17) is 4.98 Å². The second-order valence-electron chi connectivity index (χ2n) is 7.32. The van der Waals surface area contributed by atoms with Crippen LogP contribution in [-0.2, 0) is 6.54 Å². The third-order valence-corrected chi connectivity index (χ3v) is 5.85. The number of quaternary nitrogens is 1. The topological polar surface area (TPSA) is 38.8 Å². The smallest absolute Gasteiger partial charge is 0.258 e. The molecular weight excluding hydrogens is 286 g/mol. The number of pyridine rings is 1. The number of hydrogen-bond acceptors (Lipinski definition) is 2. The molecule has 0 amide bonds. The Kier molecular flexibility index (Phi) is 3.93. The molecule has 2 fully saturated rings.